The van der Waals surface area contributed by atoms with Crippen LogP contribution >= 0.6 is 15.9 Å². The van der Waals surface area contributed by atoms with E-state index in [-0.39, 0.29) is 17.5 Å². The quantitative estimate of drug-likeness (QED) is 0.902. The minimum atomic E-state index is -0.283. The third kappa shape index (κ3) is 3.57. The number of carbonyl (C=O) groups is 1. The molecule has 1 heterocycles. The maximum Gasteiger partial charge on any atom is 0.252 e. The number of carbonyl (C=O) groups excluding carboxylic acids is 1. The largest absolute Gasteiger partial charge is 0.345 e. The second kappa shape index (κ2) is 6.52. The Balaban J connectivity index is 2.16. The van der Waals surface area contributed by atoms with E-state index >= 15 is 0 Å². The van der Waals surface area contributed by atoms with Gasteiger partial charge in [0, 0.05) is 22.3 Å². The van der Waals surface area contributed by atoms with Gasteiger partial charge in [-0.3, -0.25) is 9.59 Å². The van der Waals surface area contributed by atoms with Crippen molar-refractivity contribution in [1.82, 2.24) is 10.3 Å². The molecule has 4 nitrogen and oxygen atoms in total. The summed E-state index contributed by atoms with van der Waals surface area (Å²) in [7, 11) is 0. The van der Waals surface area contributed by atoms with Crippen LogP contribution in [0.5, 0.6) is 0 Å². The summed E-state index contributed by atoms with van der Waals surface area (Å²) in [5.74, 6) is -0.245. The van der Waals surface area contributed by atoms with E-state index in [1.54, 1.807) is 6.07 Å². The van der Waals surface area contributed by atoms with Crippen LogP contribution < -0.4 is 10.9 Å². The average molecular weight is 335 g/mol. The Morgan fingerprint density at radius 1 is 1.30 bits per heavy atom. The van der Waals surface area contributed by atoms with Crippen molar-refractivity contribution in [2.45, 2.75) is 19.4 Å². The van der Waals surface area contributed by atoms with Crippen LogP contribution in [0.2, 0.25) is 0 Å². The maximum atomic E-state index is 12.1. The van der Waals surface area contributed by atoms with E-state index in [0.29, 0.717) is 5.56 Å². The van der Waals surface area contributed by atoms with Crippen molar-refractivity contribution in [1.29, 1.82) is 0 Å². The third-order valence-corrected chi connectivity index (χ3v) is 3.55. The molecule has 0 radical (unpaired) electrons. The molecule has 1 aromatic heterocycles. The molecule has 1 unspecified atom stereocenters. The van der Waals surface area contributed by atoms with Gasteiger partial charge >= 0.3 is 0 Å². The van der Waals surface area contributed by atoms with Crippen LogP contribution in [0.15, 0.2) is 51.9 Å². The summed E-state index contributed by atoms with van der Waals surface area (Å²) in [6, 6.07) is 10.6. The summed E-state index contributed by atoms with van der Waals surface area (Å²) in [6.45, 7) is 2.00. The Kier molecular flexibility index (Phi) is 4.74. The van der Waals surface area contributed by atoms with Gasteiger partial charge in [0.15, 0.2) is 0 Å². The lowest BCUT2D eigenvalue weighted by atomic mass is 10.0. The zero-order chi connectivity index (χ0) is 14.5. The van der Waals surface area contributed by atoms with Crippen molar-refractivity contribution in [3.8, 4) is 0 Å². The molecule has 2 rings (SSSR count). The van der Waals surface area contributed by atoms with Gasteiger partial charge in [0.1, 0.15) is 0 Å². The first-order valence-corrected chi connectivity index (χ1v) is 7.14. The Bertz CT molecular complexity index is 649. The first-order valence-electron chi connectivity index (χ1n) is 6.35. The summed E-state index contributed by atoms with van der Waals surface area (Å²) in [6.07, 6.45) is 2.24. The maximum absolute atomic E-state index is 12.1. The summed E-state index contributed by atoms with van der Waals surface area (Å²) in [5.41, 5.74) is 1.12. The predicted molar refractivity (Wildman–Crippen MR) is 81.7 cm³/mol. The number of aromatic nitrogens is 1. The Labute approximate surface area is 125 Å². The highest BCUT2D eigenvalue weighted by molar-refractivity contribution is 9.10. The molecule has 0 aliphatic carbocycles. The van der Waals surface area contributed by atoms with Gasteiger partial charge in [0.2, 0.25) is 5.56 Å². The van der Waals surface area contributed by atoms with Gasteiger partial charge in [0.25, 0.3) is 5.91 Å². The molecule has 20 heavy (non-hydrogen) atoms. The fourth-order valence-electron chi connectivity index (χ4n) is 1.94. The number of nitrogens with one attached hydrogen (secondary N) is 2. The average Bonchev–Trinajstić information content (AvgIpc) is 2.45. The SMILES string of the molecule is CCC(NC(=O)c1cc[nH]c(=O)c1)c1ccc(Br)cc1. The van der Waals surface area contributed by atoms with Crippen LogP contribution in [0.1, 0.15) is 35.3 Å². The van der Waals surface area contributed by atoms with Crippen LogP contribution in [-0.2, 0) is 0 Å². The van der Waals surface area contributed by atoms with Crippen molar-refractivity contribution in [3.05, 3.63) is 68.5 Å². The van der Waals surface area contributed by atoms with Crippen molar-refractivity contribution >= 4 is 21.8 Å². The molecule has 1 atom stereocenters. The zero-order valence-corrected chi connectivity index (χ0v) is 12.6. The van der Waals surface area contributed by atoms with Gasteiger partial charge < -0.3 is 10.3 Å². The van der Waals surface area contributed by atoms with Gasteiger partial charge in [0.05, 0.1) is 6.04 Å². The Morgan fingerprint density at radius 3 is 2.60 bits per heavy atom. The summed E-state index contributed by atoms with van der Waals surface area (Å²) in [4.78, 5) is 25.8. The second-order valence-electron chi connectivity index (χ2n) is 4.43. The van der Waals surface area contributed by atoms with Crippen molar-refractivity contribution in [2.24, 2.45) is 0 Å². The van der Waals surface area contributed by atoms with Crippen LogP contribution in [-0.4, -0.2) is 10.9 Å². The number of H-pyrrole nitrogens is 1. The number of hydrogen-bond donors (Lipinski definition) is 2. The molecule has 1 aromatic carbocycles. The van der Waals surface area contributed by atoms with E-state index in [4.69, 9.17) is 0 Å². The summed E-state index contributed by atoms with van der Waals surface area (Å²) in [5, 5.41) is 2.94. The van der Waals surface area contributed by atoms with Crippen LogP contribution in [0.3, 0.4) is 0 Å². The van der Waals surface area contributed by atoms with Crippen molar-refractivity contribution < 1.29 is 4.79 Å². The lowest BCUT2D eigenvalue weighted by Gasteiger charge is -2.17. The third-order valence-electron chi connectivity index (χ3n) is 3.02. The lowest BCUT2D eigenvalue weighted by Crippen LogP contribution is -2.29. The minimum absolute atomic E-state index is 0.0742. The molecule has 0 bridgehead atoms. The van der Waals surface area contributed by atoms with Crippen LogP contribution in [0.25, 0.3) is 0 Å². The zero-order valence-electron chi connectivity index (χ0n) is 11.0. The van der Waals surface area contributed by atoms with E-state index in [1.165, 1.54) is 12.3 Å². The minimum Gasteiger partial charge on any atom is -0.345 e. The van der Waals surface area contributed by atoms with Gasteiger partial charge in [-0.05, 0) is 30.2 Å². The molecule has 2 aromatic rings. The van der Waals surface area contributed by atoms with Gasteiger partial charge in [-0.2, -0.15) is 0 Å². The first-order chi connectivity index (χ1) is 9.60. The number of aromatic amines is 1. The fraction of sp³-hybridized carbons (Fsp3) is 0.200. The highest BCUT2D eigenvalue weighted by Crippen LogP contribution is 2.19. The molecule has 1 amide bonds. The molecular formula is C15H15BrN2O2. The highest BCUT2D eigenvalue weighted by atomic mass is 79.9. The molecular weight excluding hydrogens is 320 g/mol. The van der Waals surface area contributed by atoms with Crippen molar-refractivity contribution in [3.63, 3.8) is 0 Å². The molecule has 0 spiro atoms. The predicted octanol–water partition coefficient (Wildman–Crippen LogP) is 3.02. The van der Waals surface area contributed by atoms with Gasteiger partial charge in [-0.1, -0.05) is 35.0 Å². The van der Waals surface area contributed by atoms with Gasteiger partial charge in [-0.25, -0.2) is 0 Å². The Hall–Kier alpha value is -1.88. The lowest BCUT2D eigenvalue weighted by molar-refractivity contribution is 0.0935. The number of benzene rings is 1. The first kappa shape index (κ1) is 14.5. The number of pyridine rings is 1. The molecule has 5 heteroatoms. The monoisotopic (exact) mass is 334 g/mol. The van der Waals surface area contributed by atoms with Crippen LogP contribution in [0.4, 0.5) is 0 Å². The molecule has 0 fully saturated rings. The number of halogens is 1. The van der Waals surface area contributed by atoms with Crippen LogP contribution in [0, 0.1) is 0 Å². The topological polar surface area (TPSA) is 62.0 Å². The number of hydrogen-bond acceptors (Lipinski definition) is 2. The van der Waals surface area contributed by atoms with E-state index in [9.17, 15) is 9.59 Å². The van der Waals surface area contributed by atoms with E-state index in [2.05, 4.69) is 26.2 Å². The standard InChI is InChI=1S/C15H15BrN2O2/c1-2-13(10-3-5-12(16)6-4-10)18-15(20)11-7-8-17-14(19)9-11/h3-9,13H,2H2,1H3,(H,17,19)(H,18,20). The highest BCUT2D eigenvalue weighted by Gasteiger charge is 2.14. The van der Waals surface area contributed by atoms with Crippen molar-refractivity contribution in [2.75, 3.05) is 0 Å². The van der Waals surface area contributed by atoms with Gasteiger partial charge in [-0.15, -0.1) is 0 Å². The summed E-state index contributed by atoms with van der Waals surface area (Å²) < 4.78 is 0.997. The Morgan fingerprint density at radius 2 is 2.00 bits per heavy atom. The van der Waals surface area contributed by atoms with E-state index in [0.717, 1.165) is 16.5 Å². The molecule has 0 aliphatic rings. The fourth-order valence-corrected chi connectivity index (χ4v) is 2.21. The number of amides is 1. The van der Waals surface area contributed by atoms with E-state index < -0.39 is 0 Å². The molecule has 2 N–H and O–H groups in total. The smallest absolute Gasteiger partial charge is 0.252 e. The number of rotatable bonds is 4. The molecule has 0 saturated heterocycles. The molecule has 0 aliphatic heterocycles. The molecule has 104 valence electrons. The van der Waals surface area contributed by atoms with E-state index in [1.807, 2.05) is 31.2 Å². The second-order valence-corrected chi connectivity index (χ2v) is 5.34. The normalized spacial score (nSPS) is 11.9. The summed E-state index contributed by atoms with van der Waals surface area (Å²) >= 11 is 3.39. The molecule has 0 saturated carbocycles.